The van der Waals surface area contributed by atoms with Gasteiger partial charge in [-0.1, -0.05) is 18.2 Å². The van der Waals surface area contributed by atoms with E-state index in [9.17, 15) is 8.42 Å². The van der Waals surface area contributed by atoms with Crippen molar-refractivity contribution >= 4 is 27.4 Å². The number of benzene rings is 1. The van der Waals surface area contributed by atoms with Gasteiger partial charge in [0.1, 0.15) is 5.82 Å². The molecule has 2 atom stereocenters. The van der Waals surface area contributed by atoms with Gasteiger partial charge in [0.15, 0.2) is 0 Å². The molecule has 10 heteroatoms. The first-order valence-electron chi connectivity index (χ1n) is 9.31. The standard InChI is InChI=1S/C19H22N4O3S.CH2O2/c1-22(2)27(24,25)13-14-11-26-12-18(14)23-10-9-21-19(23)16-5-3-7-17-15(16)6-4-8-20-17;2-1-3/h3-10,14,18H,11-13H2,1-2H3;1H,(H,2,3)/t14-,18+;/m0./s1. The third kappa shape index (κ3) is 4.50. The lowest BCUT2D eigenvalue weighted by molar-refractivity contribution is -0.122. The highest BCUT2D eigenvalue weighted by atomic mass is 32.2. The fraction of sp³-hybridized carbons (Fsp3) is 0.350. The van der Waals surface area contributed by atoms with Crippen LogP contribution in [-0.4, -0.2) is 71.9 Å². The Morgan fingerprint density at radius 3 is 2.70 bits per heavy atom. The minimum atomic E-state index is -3.31. The lowest BCUT2D eigenvalue weighted by atomic mass is 10.0. The number of hydrogen-bond donors (Lipinski definition) is 1. The highest BCUT2D eigenvalue weighted by Gasteiger charge is 2.35. The number of aromatic nitrogens is 3. The fourth-order valence-electron chi connectivity index (χ4n) is 3.56. The maximum absolute atomic E-state index is 12.4. The molecule has 0 aliphatic carbocycles. The van der Waals surface area contributed by atoms with Crippen LogP contribution in [0.15, 0.2) is 48.9 Å². The van der Waals surface area contributed by atoms with E-state index in [1.165, 1.54) is 4.31 Å². The SMILES string of the molecule is CN(C)S(=O)(=O)C[C@@H]1COC[C@H]1n1ccnc1-c1cccc2ncccc12.O=CO. The predicted octanol–water partition coefficient (Wildman–Crippen LogP) is 1.88. The molecular weight excluding hydrogens is 408 g/mol. The van der Waals surface area contributed by atoms with Crippen LogP contribution in [-0.2, 0) is 19.6 Å². The molecule has 0 amide bonds. The average molecular weight is 433 g/mol. The number of sulfonamides is 1. The third-order valence-corrected chi connectivity index (χ3v) is 7.02. The Hall–Kier alpha value is -2.82. The van der Waals surface area contributed by atoms with Crippen molar-refractivity contribution in [1.29, 1.82) is 0 Å². The zero-order chi connectivity index (χ0) is 21.7. The van der Waals surface area contributed by atoms with Crippen molar-refractivity contribution in [3.8, 4) is 11.4 Å². The van der Waals surface area contributed by atoms with Crippen LogP contribution in [0.25, 0.3) is 22.3 Å². The molecule has 0 bridgehead atoms. The number of fused-ring (bicyclic) bond motifs is 1. The lowest BCUT2D eigenvalue weighted by Gasteiger charge is -2.23. The molecule has 2 aromatic heterocycles. The lowest BCUT2D eigenvalue weighted by Crippen LogP contribution is -2.32. The fourth-order valence-corrected chi connectivity index (χ4v) is 4.72. The number of nitrogens with zero attached hydrogens (tertiary/aromatic N) is 4. The van der Waals surface area contributed by atoms with Crippen LogP contribution in [0.2, 0.25) is 0 Å². The van der Waals surface area contributed by atoms with Gasteiger partial charge >= 0.3 is 0 Å². The van der Waals surface area contributed by atoms with Crippen molar-refractivity contribution in [2.75, 3.05) is 33.1 Å². The Bertz CT molecular complexity index is 1110. The number of rotatable bonds is 5. The summed E-state index contributed by atoms with van der Waals surface area (Å²) in [6.07, 6.45) is 5.42. The van der Waals surface area contributed by atoms with Crippen molar-refractivity contribution < 1.29 is 23.1 Å². The van der Waals surface area contributed by atoms with Gasteiger partial charge in [-0.3, -0.25) is 9.78 Å². The second-order valence-corrected chi connectivity index (χ2v) is 9.29. The molecule has 3 aromatic rings. The molecule has 3 heterocycles. The molecule has 1 N–H and O–H groups in total. The Balaban J connectivity index is 0.000000806. The smallest absolute Gasteiger partial charge is 0.290 e. The van der Waals surface area contributed by atoms with Crippen LogP contribution in [0.5, 0.6) is 0 Å². The van der Waals surface area contributed by atoms with Gasteiger partial charge in [-0.2, -0.15) is 0 Å². The number of carbonyl (C=O) groups is 1. The predicted molar refractivity (Wildman–Crippen MR) is 112 cm³/mol. The first-order chi connectivity index (χ1) is 14.4. The molecule has 1 aliphatic rings. The highest BCUT2D eigenvalue weighted by Crippen LogP contribution is 2.33. The zero-order valence-corrected chi connectivity index (χ0v) is 17.6. The summed E-state index contributed by atoms with van der Waals surface area (Å²) >= 11 is 0. The quantitative estimate of drug-likeness (QED) is 0.612. The summed E-state index contributed by atoms with van der Waals surface area (Å²) in [5.41, 5.74) is 1.88. The number of pyridine rings is 1. The summed E-state index contributed by atoms with van der Waals surface area (Å²) in [5, 5.41) is 7.91. The summed E-state index contributed by atoms with van der Waals surface area (Å²) in [6, 6.07) is 9.80. The second kappa shape index (κ2) is 9.33. The summed E-state index contributed by atoms with van der Waals surface area (Å²) in [7, 11) is -0.185. The van der Waals surface area contributed by atoms with Gasteiger partial charge in [0, 0.05) is 49.6 Å². The summed E-state index contributed by atoms with van der Waals surface area (Å²) in [5.74, 6) is 0.731. The topological polar surface area (TPSA) is 115 Å². The van der Waals surface area contributed by atoms with E-state index in [2.05, 4.69) is 9.97 Å². The van der Waals surface area contributed by atoms with E-state index < -0.39 is 10.0 Å². The Morgan fingerprint density at radius 1 is 1.20 bits per heavy atom. The van der Waals surface area contributed by atoms with Gasteiger partial charge in [0.25, 0.3) is 6.47 Å². The van der Waals surface area contributed by atoms with Gasteiger partial charge in [0.05, 0.1) is 30.5 Å². The molecule has 0 unspecified atom stereocenters. The molecule has 0 spiro atoms. The largest absolute Gasteiger partial charge is 0.483 e. The molecule has 0 radical (unpaired) electrons. The summed E-state index contributed by atoms with van der Waals surface area (Å²) in [6.45, 7) is 0.645. The third-order valence-electron chi connectivity index (χ3n) is 5.06. The van der Waals surface area contributed by atoms with Crippen molar-refractivity contribution in [3.63, 3.8) is 0 Å². The average Bonchev–Trinajstić information content (AvgIpc) is 3.36. The van der Waals surface area contributed by atoms with Gasteiger partial charge in [-0.15, -0.1) is 0 Å². The molecule has 9 nitrogen and oxygen atoms in total. The Labute approximate surface area is 175 Å². The highest BCUT2D eigenvalue weighted by molar-refractivity contribution is 7.89. The van der Waals surface area contributed by atoms with E-state index in [1.807, 2.05) is 41.1 Å². The summed E-state index contributed by atoms with van der Waals surface area (Å²) < 4.78 is 33.7. The van der Waals surface area contributed by atoms with E-state index in [0.29, 0.717) is 13.2 Å². The summed E-state index contributed by atoms with van der Waals surface area (Å²) in [4.78, 5) is 17.3. The van der Waals surface area contributed by atoms with E-state index in [4.69, 9.17) is 14.6 Å². The van der Waals surface area contributed by atoms with Crippen LogP contribution >= 0.6 is 0 Å². The Kier molecular flexibility index (Phi) is 6.80. The first kappa shape index (κ1) is 21.9. The van der Waals surface area contributed by atoms with Gasteiger partial charge in [-0.25, -0.2) is 17.7 Å². The maximum atomic E-state index is 12.4. The van der Waals surface area contributed by atoms with Crippen molar-refractivity contribution in [2.45, 2.75) is 6.04 Å². The molecule has 0 saturated carbocycles. The number of ether oxygens (including phenoxy) is 1. The monoisotopic (exact) mass is 432 g/mol. The molecule has 1 aromatic carbocycles. The molecule has 4 rings (SSSR count). The van der Waals surface area contributed by atoms with Crippen LogP contribution in [0.3, 0.4) is 0 Å². The minimum Gasteiger partial charge on any atom is -0.483 e. The maximum Gasteiger partial charge on any atom is 0.290 e. The van der Waals surface area contributed by atoms with E-state index in [0.717, 1.165) is 22.3 Å². The van der Waals surface area contributed by atoms with E-state index in [-0.39, 0.29) is 24.2 Å². The van der Waals surface area contributed by atoms with Crippen LogP contribution in [0.4, 0.5) is 0 Å². The van der Waals surface area contributed by atoms with Crippen LogP contribution < -0.4 is 0 Å². The number of carboxylic acid groups (broad SMARTS) is 1. The van der Waals surface area contributed by atoms with Gasteiger partial charge in [-0.05, 0) is 12.1 Å². The van der Waals surface area contributed by atoms with Crippen LogP contribution in [0, 0.1) is 5.92 Å². The molecule has 160 valence electrons. The van der Waals surface area contributed by atoms with Crippen LogP contribution in [0.1, 0.15) is 6.04 Å². The molecule has 1 saturated heterocycles. The van der Waals surface area contributed by atoms with Crippen molar-refractivity contribution in [3.05, 3.63) is 48.9 Å². The van der Waals surface area contributed by atoms with E-state index >= 15 is 0 Å². The molecular formula is C20H24N4O5S. The van der Waals surface area contributed by atoms with Crippen molar-refractivity contribution in [2.24, 2.45) is 5.92 Å². The number of imidazole rings is 1. The van der Waals surface area contributed by atoms with Gasteiger partial charge < -0.3 is 14.4 Å². The number of hydrogen-bond acceptors (Lipinski definition) is 6. The normalized spacial score (nSPS) is 18.9. The first-order valence-corrected chi connectivity index (χ1v) is 10.9. The van der Waals surface area contributed by atoms with E-state index in [1.54, 1.807) is 26.5 Å². The van der Waals surface area contributed by atoms with Gasteiger partial charge in [0.2, 0.25) is 10.0 Å². The minimum absolute atomic E-state index is 0.0549. The zero-order valence-electron chi connectivity index (χ0n) is 16.7. The molecule has 1 aliphatic heterocycles. The molecule has 1 fully saturated rings. The molecule has 30 heavy (non-hydrogen) atoms. The Morgan fingerprint density at radius 2 is 1.97 bits per heavy atom. The van der Waals surface area contributed by atoms with Crippen molar-refractivity contribution in [1.82, 2.24) is 18.8 Å². The second-order valence-electron chi connectivity index (χ2n) is 7.07.